The highest BCUT2D eigenvalue weighted by Gasteiger charge is 2.20. The molecule has 17 heavy (non-hydrogen) atoms. The minimum absolute atomic E-state index is 0.0592. The molecule has 5 heteroatoms. The maximum Gasteiger partial charge on any atom is 0.348 e. The Bertz CT molecular complexity index is 596. The highest BCUT2D eigenvalue weighted by Crippen LogP contribution is 2.34. The minimum Gasteiger partial charge on any atom is -0.477 e. The average Bonchev–Trinajstić information content (AvgIpc) is 2.54. The van der Waals surface area contributed by atoms with E-state index in [-0.39, 0.29) is 10.3 Å². The van der Waals surface area contributed by atoms with Gasteiger partial charge in [0, 0.05) is 16.5 Å². The van der Waals surface area contributed by atoms with Crippen molar-refractivity contribution in [2.75, 3.05) is 5.73 Å². The van der Waals surface area contributed by atoms with Crippen molar-refractivity contribution in [2.24, 2.45) is 0 Å². The van der Waals surface area contributed by atoms with Crippen LogP contribution in [-0.4, -0.2) is 16.1 Å². The summed E-state index contributed by atoms with van der Waals surface area (Å²) in [5.74, 6) is -0.997. The van der Waals surface area contributed by atoms with Gasteiger partial charge in [0.1, 0.15) is 9.71 Å². The molecule has 0 amide bonds. The molecular formula is C12H14N2O2S. The number of hydrogen-bond donors (Lipinski definition) is 2. The quantitative estimate of drug-likeness (QED) is 0.816. The van der Waals surface area contributed by atoms with Crippen LogP contribution in [0.25, 0.3) is 10.2 Å². The Kier molecular flexibility index (Phi) is 2.58. The van der Waals surface area contributed by atoms with Gasteiger partial charge in [-0.05, 0) is 12.1 Å². The van der Waals surface area contributed by atoms with E-state index in [0.29, 0.717) is 10.5 Å². The lowest BCUT2D eigenvalue weighted by Crippen LogP contribution is -2.12. The van der Waals surface area contributed by atoms with Crippen molar-refractivity contribution in [1.82, 2.24) is 4.98 Å². The van der Waals surface area contributed by atoms with Gasteiger partial charge in [-0.15, -0.1) is 11.3 Å². The van der Waals surface area contributed by atoms with E-state index in [1.165, 1.54) is 0 Å². The summed E-state index contributed by atoms with van der Waals surface area (Å²) in [6.45, 7) is 6.20. The molecule has 0 radical (unpaired) electrons. The van der Waals surface area contributed by atoms with Crippen molar-refractivity contribution in [3.8, 4) is 0 Å². The van der Waals surface area contributed by atoms with Crippen LogP contribution in [0.5, 0.6) is 0 Å². The predicted molar refractivity (Wildman–Crippen MR) is 69.7 cm³/mol. The Balaban J connectivity index is 2.68. The van der Waals surface area contributed by atoms with Gasteiger partial charge >= 0.3 is 5.97 Å². The van der Waals surface area contributed by atoms with Crippen LogP contribution in [0.2, 0.25) is 0 Å². The second kappa shape index (κ2) is 3.70. The van der Waals surface area contributed by atoms with Gasteiger partial charge in [0.2, 0.25) is 0 Å². The molecule has 0 aliphatic carbocycles. The third kappa shape index (κ3) is 1.98. The van der Waals surface area contributed by atoms with E-state index in [1.807, 2.05) is 12.1 Å². The molecule has 0 fully saturated rings. The summed E-state index contributed by atoms with van der Waals surface area (Å²) in [4.78, 5) is 16.3. The van der Waals surface area contributed by atoms with Crippen molar-refractivity contribution < 1.29 is 9.90 Å². The van der Waals surface area contributed by atoms with Crippen molar-refractivity contribution in [1.29, 1.82) is 0 Å². The van der Waals surface area contributed by atoms with Gasteiger partial charge in [-0.25, -0.2) is 9.78 Å². The predicted octanol–water partition coefficient (Wildman–Crippen LogP) is 2.87. The number of thiophene rings is 1. The lowest BCUT2D eigenvalue weighted by Gasteiger charge is -2.17. The minimum atomic E-state index is -0.997. The van der Waals surface area contributed by atoms with E-state index in [4.69, 9.17) is 10.8 Å². The Hall–Kier alpha value is -1.62. The standard InChI is InChI=1S/C12H14N2O2S/c1-12(2,3)7-5-4-6-8(13)9(11(15)16)17-10(6)14-7/h4-5H,13H2,1-3H3,(H,15,16). The summed E-state index contributed by atoms with van der Waals surface area (Å²) in [6, 6.07) is 3.75. The maximum atomic E-state index is 11.0. The van der Waals surface area contributed by atoms with Gasteiger partial charge in [0.25, 0.3) is 0 Å². The number of aromatic nitrogens is 1. The van der Waals surface area contributed by atoms with E-state index in [1.54, 1.807) is 0 Å². The molecule has 0 aliphatic heterocycles. The molecule has 2 rings (SSSR count). The van der Waals surface area contributed by atoms with E-state index in [9.17, 15) is 4.79 Å². The highest BCUT2D eigenvalue weighted by atomic mass is 32.1. The summed E-state index contributed by atoms with van der Waals surface area (Å²) in [5, 5.41) is 9.72. The summed E-state index contributed by atoms with van der Waals surface area (Å²) in [5.41, 5.74) is 6.97. The molecule has 0 unspecified atom stereocenters. The molecule has 0 spiro atoms. The lowest BCUT2D eigenvalue weighted by molar-refractivity contribution is 0.0703. The zero-order valence-corrected chi connectivity index (χ0v) is 10.8. The first-order valence-corrected chi connectivity index (χ1v) is 6.05. The third-order valence-electron chi connectivity index (χ3n) is 2.56. The Morgan fingerprint density at radius 1 is 1.41 bits per heavy atom. The Morgan fingerprint density at radius 3 is 2.59 bits per heavy atom. The van der Waals surface area contributed by atoms with Gasteiger partial charge in [-0.1, -0.05) is 20.8 Å². The molecule has 0 saturated carbocycles. The number of anilines is 1. The number of carboxylic acids is 1. The number of pyridine rings is 1. The summed E-state index contributed by atoms with van der Waals surface area (Å²) in [7, 11) is 0. The van der Waals surface area contributed by atoms with Crippen LogP contribution in [0.15, 0.2) is 12.1 Å². The monoisotopic (exact) mass is 250 g/mol. The summed E-state index contributed by atoms with van der Waals surface area (Å²) >= 11 is 1.13. The zero-order valence-electron chi connectivity index (χ0n) is 9.94. The van der Waals surface area contributed by atoms with Crippen LogP contribution in [0.1, 0.15) is 36.1 Å². The van der Waals surface area contributed by atoms with Crippen LogP contribution in [-0.2, 0) is 5.41 Å². The summed E-state index contributed by atoms with van der Waals surface area (Å²) in [6.07, 6.45) is 0. The number of hydrogen-bond acceptors (Lipinski definition) is 4. The highest BCUT2D eigenvalue weighted by molar-refractivity contribution is 7.21. The maximum absolute atomic E-state index is 11.0. The lowest BCUT2D eigenvalue weighted by atomic mass is 9.91. The molecule has 0 bridgehead atoms. The first-order chi connectivity index (χ1) is 7.80. The van der Waals surface area contributed by atoms with Gasteiger partial charge in [-0.3, -0.25) is 0 Å². The van der Waals surface area contributed by atoms with Gasteiger partial charge in [0.05, 0.1) is 5.69 Å². The number of aromatic carboxylic acids is 1. The number of nitrogen functional groups attached to an aromatic ring is 1. The molecule has 0 aromatic carbocycles. The molecule has 2 heterocycles. The molecule has 0 aliphatic rings. The number of carbonyl (C=O) groups is 1. The molecule has 2 aromatic rings. The van der Waals surface area contributed by atoms with E-state index in [2.05, 4.69) is 25.8 Å². The molecule has 3 N–H and O–H groups in total. The van der Waals surface area contributed by atoms with Crippen LogP contribution < -0.4 is 5.73 Å². The van der Waals surface area contributed by atoms with Crippen LogP contribution in [0, 0.1) is 0 Å². The second-order valence-corrected chi connectivity index (χ2v) is 5.95. The van der Waals surface area contributed by atoms with Crippen molar-refractivity contribution in [3.05, 3.63) is 22.7 Å². The van der Waals surface area contributed by atoms with Crippen molar-refractivity contribution in [2.45, 2.75) is 26.2 Å². The Morgan fingerprint density at radius 2 is 2.06 bits per heavy atom. The van der Waals surface area contributed by atoms with Crippen LogP contribution in [0.4, 0.5) is 5.69 Å². The molecule has 4 nitrogen and oxygen atoms in total. The number of nitrogens with zero attached hydrogens (tertiary/aromatic N) is 1. The smallest absolute Gasteiger partial charge is 0.348 e. The molecule has 2 aromatic heterocycles. The largest absolute Gasteiger partial charge is 0.477 e. The number of carboxylic acid groups (broad SMARTS) is 1. The number of rotatable bonds is 1. The SMILES string of the molecule is CC(C)(C)c1ccc2c(N)c(C(=O)O)sc2n1. The van der Waals surface area contributed by atoms with Gasteiger partial charge in [-0.2, -0.15) is 0 Å². The van der Waals surface area contributed by atoms with Gasteiger partial charge < -0.3 is 10.8 Å². The first-order valence-electron chi connectivity index (χ1n) is 5.23. The normalized spacial score (nSPS) is 11.9. The first kappa shape index (κ1) is 11.9. The molecule has 90 valence electrons. The van der Waals surface area contributed by atoms with E-state index in [0.717, 1.165) is 22.4 Å². The fraction of sp³-hybridized carbons (Fsp3) is 0.333. The fourth-order valence-corrected chi connectivity index (χ4v) is 2.51. The van der Waals surface area contributed by atoms with Gasteiger partial charge in [0.15, 0.2) is 0 Å². The van der Waals surface area contributed by atoms with Crippen LogP contribution in [0.3, 0.4) is 0 Å². The molecule has 0 atom stereocenters. The number of nitrogens with two attached hydrogens (primary N) is 1. The summed E-state index contributed by atoms with van der Waals surface area (Å²) < 4.78 is 0. The fourth-order valence-electron chi connectivity index (χ4n) is 1.57. The topological polar surface area (TPSA) is 76.2 Å². The molecular weight excluding hydrogens is 236 g/mol. The van der Waals surface area contributed by atoms with E-state index >= 15 is 0 Å². The zero-order chi connectivity index (χ0) is 12.8. The number of fused-ring (bicyclic) bond motifs is 1. The van der Waals surface area contributed by atoms with Crippen LogP contribution >= 0.6 is 11.3 Å². The average molecular weight is 250 g/mol. The Labute approximate surface area is 103 Å². The van der Waals surface area contributed by atoms with Crippen molar-refractivity contribution in [3.63, 3.8) is 0 Å². The van der Waals surface area contributed by atoms with E-state index < -0.39 is 5.97 Å². The third-order valence-corrected chi connectivity index (χ3v) is 3.66. The molecule has 0 saturated heterocycles. The van der Waals surface area contributed by atoms with Crippen molar-refractivity contribution >= 4 is 33.2 Å². The second-order valence-electron chi connectivity index (χ2n) is 4.95.